The number of carbonyl (C=O) groups is 1. The summed E-state index contributed by atoms with van der Waals surface area (Å²) in [5.74, 6) is 0.369. The standard InChI is InChI=1S/C17H29NO2/c1-14(19)16-7-3-6-11-18(16)15-8-12-20-17(13-15)9-4-2-5-10-17/h15-16H,2-13H2,1H3. The van der Waals surface area contributed by atoms with Crippen LogP contribution in [-0.4, -0.2) is 41.5 Å². The lowest BCUT2D eigenvalue weighted by molar-refractivity contribution is -0.140. The van der Waals surface area contributed by atoms with E-state index >= 15 is 0 Å². The number of carbonyl (C=O) groups excluding carboxylic acids is 1. The number of ether oxygens (including phenoxy) is 1. The molecule has 3 nitrogen and oxygen atoms in total. The molecule has 0 aromatic rings. The second-order valence-corrected chi connectivity index (χ2v) is 7.10. The molecule has 2 saturated heterocycles. The number of Topliss-reactive ketones (excluding diaryl/α,β-unsaturated/α-hetero) is 1. The molecule has 3 aliphatic rings. The number of nitrogens with zero attached hydrogens (tertiary/aromatic N) is 1. The summed E-state index contributed by atoms with van der Waals surface area (Å²) in [6.07, 6.45) is 12.3. The van der Waals surface area contributed by atoms with Crippen molar-refractivity contribution in [3.05, 3.63) is 0 Å². The number of piperidine rings is 1. The highest BCUT2D eigenvalue weighted by molar-refractivity contribution is 5.81. The first-order valence-corrected chi connectivity index (χ1v) is 8.60. The molecule has 3 rings (SSSR count). The Morgan fingerprint density at radius 2 is 1.90 bits per heavy atom. The molecule has 1 spiro atoms. The van der Waals surface area contributed by atoms with E-state index in [1.807, 2.05) is 0 Å². The second kappa shape index (κ2) is 6.15. The van der Waals surface area contributed by atoms with Crippen LogP contribution in [0, 0.1) is 0 Å². The molecule has 2 heterocycles. The van der Waals surface area contributed by atoms with Crippen LogP contribution in [0.1, 0.15) is 71.1 Å². The Labute approximate surface area is 123 Å². The molecule has 0 bridgehead atoms. The molecular formula is C17H29NO2. The summed E-state index contributed by atoms with van der Waals surface area (Å²) in [6, 6.07) is 0.767. The van der Waals surface area contributed by atoms with E-state index in [0.717, 1.165) is 32.4 Å². The van der Waals surface area contributed by atoms with Gasteiger partial charge in [-0.1, -0.05) is 25.7 Å². The highest BCUT2D eigenvalue weighted by Gasteiger charge is 2.42. The summed E-state index contributed by atoms with van der Waals surface area (Å²) < 4.78 is 6.21. The number of rotatable bonds is 2. The molecule has 3 heteroatoms. The molecule has 0 aromatic carbocycles. The molecule has 1 aliphatic carbocycles. The largest absolute Gasteiger partial charge is 0.375 e. The van der Waals surface area contributed by atoms with Gasteiger partial charge in [0.15, 0.2) is 0 Å². The molecule has 0 amide bonds. The van der Waals surface area contributed by atoms with Gasteiger partial charge in [0.2, 0.25) is 0 Å². The predicted molar refractivity (Wildman–Crippen MR) is 79.8 cm³/mol. The Kier molecular flexibility index (Phi) is 4.46. The highest BCUT2D eigenvalue weighted by atomic mass is 16.5. The van der Waals surface area contributed by atoms with Crippen molar-refractivity contribution in [1.82, 2.24) is 4.90 Å². The third kappa shape index (κ3) is 2.94. The van der Waals surface area contributed by atoms with Gasteiger partial charge in [-0.2, -0.15) is 0 Å². The van der Waals surface area contributed by atoms with Crippen LogP contribution >= 0.6 is 0 Å². The maximum absolute atomic E-state index is 11.9. The van der Waals surface area contributed by atoms with Crippen LogP contribution in [0.5, 0.6) is 0 Å². The van der Waals surface area contributed by atoms with Crippen molar-refractivity contribution in [1.29, 1.82) is 0 Å². The van der Waals surface area contributed by atoms with Gasteiger partial charge in [0.25, 0.3) is 0 Å². The molecule has 1 saturated carbocycles. The summed E-state index contributed by atoms with van der Waals surface area (Å²) in [5, 5.41) is 0. The smallest absolute Gasteiger partial charge is 0.146 e. The van der Waals surface area contributed by atoms with Gasteiger partial charge in [0.05, 0.1) is 11.6 Å². The minimum atomic E-state index is 0.153. The van der Waals surface area contributed by atoms with E-state index < -0.39 is 0 Å². The fourth-order valence-electron chi connectivity index (χ4n) is 4.66. The molecule has 0 N–H and O–H groups in total. The zero-order valence-electron chi connectivity index (χ0n) is 12.9. The van der Waals surface area contributed by atoms with E-state index in [4.69, 9.17) is 4.74 Å². The van der Waals surface area contributed by atoms with Crippen LogP contribution in [0.3, 0.4) is 0 Å². The Bertz CT molecular complexity index is 343. The molecule has 114 valence electrons. The van der Waals surface area contributed by atoms with Crippen molar-refractivity contribution in [2.45, 2.75) is 88.8 Å². The highest BCUT2D eigenvalue weighted by Crippen LogP contribution is 2.40. The van der Waals surface area contributed by atoms with E-state index in [1.165, 1.54) is 44.9 Å². The van der Waals surface area contributed by atoms with Gasteiger partial charge in [-0.3, -0.25) is 9.69 Å². The van der Waals surface area contributed by atoms with Gasteiger partial charge < -0.3 is 4.74 Å². The molecular weight excluding hydrogens is 250 g/mol. The fraction of sp³-hybridized carbons (Fsp3) is 0.941. The number of ketones is 1. The van der Waals surface area contributed by atoms with Gasteiger partial charge in [-0.25, -0.2) is 0 Å². The topological polar surface area (TPSA) is 29.5 Å². The van der Waals surface area contributed by atoms with Gasteiger partial charge in [-0.05, 0) is 52.0 Å². The van der Waals surface area contributed by atoms with Crippen molar-refractivity contribution in [3.63, 3.8) is 0 Å². The summed E-state index contributed by atoms with van der Waals surface area (Å²) in [7, 11) is 0. The predicted octanol–water partition coefficient (Wildman–Crippen LogP) is 3.31. The number of likely N-dealkylation sites (tertiary alicyclic amines) is 1. The van der Waals surface area contributed by atoms with Crippen LogP contribution in [0.15, 0.2) is 0 Å². The molecule has 2 unspecified atom stereocenters. The maximum atomic E-state index is 11.9. The second-order valence-electron chi connectivity index (χ2n) is 7.10. The first-order chi connectivity index (χ1) is 9.70. The molecule has 3 fully saturated rings. The van der Waals surface area contributed by atoms with E-state index in [1.54, 1.807) is 6.92 Å². The van der Waals surface area contributed by atoms with E-state index in [0.29, 0.717) is 11.8 Å². The zero-order chi connectivity index (χ0) is 14.0. The molecule has 2 atom stereocenters. The molecule has 2 aliphatic heterocycles. The van der Waals surface area contributed by atoms with Crippen molar-refractivity contribution in [2.24, 2.45) is 0 Å². The average Bonchev–Trinajstić information content (AvgIpc) is 2.48. The SMILES string of the molecule is CC(=O)C1CCCCN1C1CCOC2(CCCCC2)C1. The summed E-state index contributed by atoms with van der Waals surface area (Å²) >= 11 is 0. The molecule has 0 aromatic heterocycles. The fourth-order valence-corrected chi connectivity index (χ4v) is 4.66. The molecule has 20 heavy (non-hydrogen) atoms. The first kappa shape index (κ1) is 14.5. The normalized spacial score (nSPS) is 35.0. The van der Waals surface area contributed by atoms with E-state index in [9.17, 15) is 4.79 Å². The first-order valence-electron chi connectivity index (χ1n) is 8.60. The summed E-state index contributed by atoms with van der Waals surface area (Å²) in [5.41, 5.74) is 0.153. The summed E-state index contributed by atoms with van der Waals surface area (Å²) in [6.45, 7) is 3.79. The van der Waals surface area contributed by atoms with Crippen molar-refractivity contribution in [3.8, 4) is 0 Å². The van der Waals surface area contributed by atoms with Crippen LogP contribution in [-0.2, 0) is 9.53 Å². The molecule has 0 radical (unpaired) electrons. The van der Waals surface area contributed by atoms with Crippen LogP contribution in [0.2, 0.25) is 0 Å². The van der Waals surface area contributed by atoms with E-state index in [-0.39, 0.29) is 11.6 Å². The van der Waals surface area contributed by atoms with Crippen molar-refractivity contribution >= 4 is 5.78 Å². The number of hydrogen-bond acceptors (Lipinski definition) is 3. The Hall–Kier alpha value is -0.410. The van der Waals surface area contributed by atoms with Crippen LogP contribution in [0.25, 0.3) is 0 Å². The average molecular weight is 279 g/mol. The maximum Gasteiger partial charge on any atom is 0.146 e. The zero-order valence-corrected chi connectivity index (χ0v) is 12.9. The van der Waals surface area contributed by atoms with Gasteiger partial charge in [0, 0.05) is 12.6 Å². The third-order valence-corrected chi connectivity index (χ3v) is 5.71. The Balaban J connectivity index is 1.70. The number of hydrogen-bond donors (Lipinski definition) is 0. The Morgan fingerprint density at radius 3 is 2.65 bits per heavy atom. The van der Waals surface area contributed by atoms with Crippen molar-refractivity contribution in [2.75, 3.05) is 13.2 Å². The Morgan fingerprint density at radius 1 is 1.10 bits per heavy atom. The van der Waals surface area contributed by atoms with Crippen LogP contribution < -0.4 is 0 Å². The van der Waals surface area contributed by atoms with Gasteiger partial charge in [-0.15, -0.1) is 0 Å². The summed E-state index contributed by atoms with van der Waals surface area (Å²) in [4.78, 5) is 14.5. The third-order valence-electron chi connectivity index (χ3n) is 5.71. The quantitative estimate of drug-likeness (QED) is 0.776. The lowest BCUT2D eigenvalue weighted by Gasteiger charge is -2.49. The van der Waals surface area contributed by atoms with Gasteiger partial charge >= 0.3 is 0 Å². The lowest BCUT2D eigenvalue weighted by atomic mass is 9.77. The minimum Gasteiger partial charge on any atom is -0.375 e. The van der Waals surface area contributed by atoms with Crippen LogP contribution in [0.4, 0.5) is 0 Å². The lowest BCUT2D eigenvalue weighted by Crippen LogP contribution is -2.55. The monoisotopic (exact) mass is 279 g/mol. The van der Waals surface area contributed by atoms with Gasteiger partial charge in [0.1, 0.15) is 5.78 Å². The van der Waals surface area contributed by atoms with E-state index in [2.05, 4.69) is 4.90 Å². The van der Waals surface area contributed by atoms with Crippen molar-refractivity contribution < 1.29 is 9.53 Å². The minimum absolute atomic E-state index is 0.153.